The second-order valence-corrected chi connectivity index (χ2v) is 4.56. The monoisotopic (exact) mass is 278 g/mol. The summed E-state index contributed by atoms with van der Waals surface area (Å²) in [4.78, 5) is 11.1. The van der Waals surface area contributed by atoms with Crippen LogP contribution in [0.4, 0.5) is 0 Å². The lowest BCUT2D eigenvalue weighted by molar-refractivity contribution is 0.101. The van der Waals surface area contributed by atoms with Crippen molar-refractivity contribution in [2.24, 2.45) is 0 Å². The largest absolute Gasteiger partial charge is 0.293 e. The molecule has 0 aliphatic carbocycles. The number of benzene rings is 1. The van der Waals surface area contributed by atoms with Gasteiger partial charge in [0.15, 0.2) is 5.78 Å². The smallest absolute Gasteiger partial charge is 0.179 e. The third-order valence-electron chi connectivity index (χ3n) is 2.28. The molecule has 0 bridgehead atoms. The van der Waals surface area contributed by atoms with E-state index in [4.69, 9.17) is 0 Å². The van der Waals surface area contributed by atoms with Crippen molar-refractivity contribution in [1.29, 1.82) is 0 Å². The molecule has 0 saturated carbocycles. The van der Waals surface area contributed by atoms with Crippen LogP contribution in [0.25, 0.3) is 0 Å². The minimum absolute atomic E-state index is 0.0169. The SMILES string of the molecule is CC(=O)c1cc(Cc2cccc(Br)c2)[nH]n1. The van der Waals surface area contributed by atoms with E-state index in [1.54, 1.807) is 6.07 Å². The van der Waals surface area contributed by atoms with Crippen molar-refractivity contribution in [2.75, 3.05) is 0 Å². The number of hydrogen-bond acceptors (Lipinski definition) is 2. The van der Waals surface area contributed by atoms with Gasteiger partial charge < -0.3 is 0 Å². The first-order valence-corrected chi connectivity index (χ1v) is 5.74. The maximum Gasteiger partial charge on any atom is 0.179 e. The number of nitrogens with zero attached hydrogens (tertiary/aromatic N) is 1. The number of rotatable bonds is 3. The molecule has 0 unspecified atom stereocenters. The van der Waals surface area contributed by atoms with E-state index in [0.29, 0.717) is 5.69 Å². The summed E-state index contributed by atoms with van der Waals surface area (Å²) in [5.74, 6) is -0.0169. The van der Waals surface area contributed by atoms with Gasteiger partial charge in [0.1, 0.15) is 5.69 Å². The number of carbonyl (C=O) groups is 1. The lowest BCUT2D eigenvalue weighted by atomic mass is 10.1. The zero-order valence-corrected chi connectivity index (χ0v) is 10.4. The summed E-state index contributed by atoms with van der Waals surface area (Å²) in [6.45, 7) is 1.51. The minimum atomic E-state index is -0.0169. The molecule has 0 radical (unpaired) electrons. The van der Waals surface area contributed by atoms with Crippen LogP contribution < -0.4 is 0 Å². The van der Waals surface area contributed by atoms with Gasteiger partial charge in [0.25, 0.3) is 0 Å². The summed E-state index contributed by atoms with van der Waals surface area (Å²) >= 11 is 3.42. The number of carbonyl (C=O) groups excluding carboxylic acids is 1. The molecular formula is C12H11BrN2O. The number of aromatic amines is 1. The van der Waals surface area contributed by atoms with E-state index in [2.05, 4.69) is 26.1 Å². The standard InChI is InChI=1S/C12H11BrN2O/c1-8(16)12-7-11(14-15-12)6-9-3-2-4-10(13)5-9/h2-5,7H,6H2,1H3,(H,14,15). The lowest BCUT2D eigenvalue weighted by Crippen LogP contribution is -1.90. The van der Waals surface area contributed by atoms with Gasteiger partial charge in [0, 0.05) is 23.5 Å². The summed E-state index contributed by atoms with van der Waals surface area (Å²) in [5.41, 5.74) is 2.61. The predicted octanol–water partition coefficient (Wildman–Crippen LogP) is 2.97. The number of halogens is 1. The van der Waals surface area contributed by atoms with Crippen molar-refractivity contribution in [3.63, 3.8) is 0 Å². The van der Waals surface area contributed by atoms with E-state index in [-0.39, 0.29) is 5.78 Å². The fourth-order valence-corrected chi connectivity index (χ4v) is 1.95. The molecule has 1 N–H and O–H groups in total. The Morgan fingerprint density at radius 2 is 2.25 bits per heavy atom. The fourth-order valence-electron chi connectivity index (χ4n) is 1.50. The van der Waals surface area contributed by atoms with E-state index in [0.717, 1.165) is 16.6 Å². The molecule has 0 spiro atoms. The topological polar surface area (TPSA) is 45.8 Å². The van der Waals surface area contributed by atoms with Crippen molar-refractivity contribution in [1.82, 2.24) is 10.2 Å². The molecule has 0 aliphatic rings. The average molecular weight is 279 g/mol. The highest BCUT2D eigenvalue weighted by Crippen LogP contribution is 2.14. The molecule has 0 aliphatic heterocycles. The summed E-state index contributed by atoms with van der Waals surface area (Å²) in [7, 11) is 0. The maximum absolute atomic E-state index is 11.1. The Morgan fingerprint density at radius 3 is 2.88 bits per heavy atom. The quantitative estimate of drug-likeness (QED) is 0.878. The molecule has 0 atom stereocenters. The molecule has 2 rings (SSSR count). The molecule has 2 aromatic rings. The Morgan fingerprint density at radius 1 is 1.44 bits per heavy atom. The Balaban J connectivity index is 2.17. The number of Topliss-reactive ketones (excluding diaryl/α,β-unsaturated/α-hetero) is 1. The summed E-state index contributed by atoms with van der Waals surface area (Å²) < 4.78 is 1.05. The number of ketones is 1. The first-order valence-electron chi connectivity index (χ1n) is 4.95. The van der Waals surface area contributed by atoms with Crippen molar-refractivity contribution >= 4 is 21.7 Å². The molecule has 3 nitrogen and oxygen atoms in total. The van der Waals surface area contributed by atoms with Crippen LogP contribution in [0.3, 0.4) is 0 Å². The van der Waals surface area contributed by atoms with Crippen molar-refractivity contribution in [3.8, 4) is 0 Å². The van der Waals surface area contributed by atoms with Crippen LogP contribution >= 0.6 is 15.9 Å². The van der Waals surface area contributed by atoms with Crippen LogP contribution in [0.15, 0.2) is 34.8 Å². The molecule has 0 saturated heterocycles. The summed E-state index contributed by atoms with van der Waals surface area (Å²) in [6.07, 6.45) is 0.750. The molecule has 1 heterocycles. The van der Waals surface area contributed by atoms with Gasteiger partial charge in [-0.3, -0.25) is 9.89 Å². The van der Waals surface area contributed by atoms with Crippen LogP contribution in [-0.2, 0) is 6.42 Å². The van der Waals surface area contributed by atoms with Gasteiger partial charge in [0.2, 0.25) is 0 Å². The van der Waals surface area contributed by atoms with E-state index < -0.39 is 0 Å². The molecular weight excluding hydrogens is 268 g/mol. The molecule has 1 aromatic heterocycles. The van der Waals surface area contributed by atoms with Gasteiger partial charge in [-0.05, 0) is 23.8 Å². The molecule has 0 fully saturated rings. The minimum Gasteiger partial charge on any atom is -0.293 e. The Labute approximate surface area is 102 Å². The van der Waals surface area contributed by atoms with Crippen molar-refractivity contribution < 1.29 is 4.79 Å². The van der Waals surface area contributed by atoms with Gasteiger partial charge in [-0.15, -0.1) is 0 Å². The Bertz CT molecular complexity index is 519. The highest BCUT2D eigenvalue weighted by atomic mass is 79.9. The molecule has 82 valence electrons. The Hall–Kier alpha value is -1.42. The zero-order valence-electron chi connectivity index (χ0n) is 8.83. The van der Waals surface area contributed by atoms with Crippen LogP contribution in [0.1, 0.15) is 28.7 Å². The van der Waals surface area contributed by atoms with Crippen molar-refractivity contribution in [3.05, 3.63) is 51.8 Å². The van der Waals surface area contributed by atoms with E-state index in [1.165, 1.54) is 12.5 Å². The number of H-pyrrole nitrogens is 1. The van der Waals surface area contributed by atoms with Gasteiger partial charge >= 0.3 is 0 Å². The predicted molar refractivity (Wildman–Crippen MR) is 65.5 cm³/mol. The highest BCUT2D eigenvalue weighted by molar-refractivity contribution is 9.10. The summed E-state index contributed by atoms with van der Waals surface area (Å²) in [5, 5.41) is 6.82. The van der Waals surface area contributed by atoms with Gasteiger partial charge in [-0.2, -0.15) is 5.10 Å². The van der Waals surface area contributed by atoms with Crippen LogP contribution in [0.5, 0.6) is 0 Å². The number of nitrogens with one attached hydrogen (secondary N) is 1. The molecule has 16 heavy (non-hydrogen) atoms. The zero-order chi connectivity index (χ0) is 11.5. The average Bonchev–Trinajstić information content (AvgIpc) is 2.66. The van der Waals surface area contributed by atoms with Crippen molar-refractivity contribution in [2.45, 2.75) is 13.3 Å². The van der Waals surface area contributed by atoms with Crippen LogP contribution in [-0.4, -0.2) is 16.0 Å². The summed E-state index contributed by atoms with van der Waals surface area (Å²) in [6, 6.07) is 9.86. The van der Waals surface area contributed by atoms with Gasteiger partial charge in [-0.1, -0.05) is 28.1 Å². The van der Waals surface area contributed by atoms with E-state index in [1.807, 2.05) is 24.3 Å². The maximum atomic E-state index is 11.1. The number of hydrogen-bond donors (Lipinski definition) is 1. The lowest BCUT2D eigenvalue weighted by Gasteiger charge is -1.98. The van der Waals surface area contributed by atoms with Gasteiger partial charge in [0.05, 0.1) is 0 Å². The second kappa shape index (κ2) is 4.61. The van der Waals surface area contributed by atoms with E-state index in [9.17, 15) is 4.79 Å². The molecule has 1 aromatic carbocycles. The highest BCUT2D eigenvalue weighted by Gasteiger charge is 2.05. The third kappa shape index (κ3) is 2.58. The first kappa shape index (κ1) is 11.1. The van der Waals surface area contributed by atoms with Gasteiger partial charge in [-0.25, -0.2) is 0 Å². The number of aromatic nitrogens is 2. The Kier molecular flexibility index (Phi) is 3.19. The third-order valence-corrected chi connectivity index (χ3v) is 2.77. The van der Waals surface area contributed by atoms with Crippen LogP contribution in [0.2, 0.25) is 0 Å². The first-order chi connectivity index (χ1) is 7.65. The second-order valence-electron chi connectivity index (χ2n) is 3.64. The fraction of sp³-hybridized carbons (Fsp3) is 0.167. The molecule has 4 heteroatoms. The van der Waals surface area contributed by atoms with Crippen LogP contribution in [0, 0.1) is 0 Å². The molecule has 0 amide bonds. The van der Waals surface area contributed by atoms with E-state index >= 15 is 0 Å². The normalized spacial score (nSPS) is 10.4.